The van der Waals surface area contributed by atoms with E-state index in [9.17, 15) is 9.59 Å². The number of ether oxygens (including phenoxy) is 2. The molecule has 0 bridgehead atoms. The van der Waals surface area contributed by atoms with Crippen LogP contribution in [0.15, 0.2) is 48.5 Å². The minimum absolute atomic E-state index is 0.184. The van der Waals surface area contributed by atoms with E-state index in [1.165, 1.54) is 10.5 Å². The maximum Gasteiger partial charge on any atom is 0.325 e. The summed E-state index contributed by atoms with van der Waals surface area (Å²) in [5, 5.41) is 3.01. The number of methoxy groups -OCH3 is 1. The van der Waals surface area contributed by atoms with Crippen molar-refractivity contribution < 1.29 is 19.1 Å². The van der Waals surface area contributed by atoms with Gasteiger partial charge in [0.2, 0.25) is 0 Å². The Morgan fingerprint density at radius 2 is 1.85 bits per heavy atom. The van der Waals surface area contributed by atoms with Crippen LogP contribution in [0.2, 0.25) is 0 Å². The first kappa shape index (κ1) is 22.7. The van der Waals surface area contributed by atoms with Crippen molar-refractivity contribution in [1.82, 2.24) is 15.1 Å². The number of benzene rings is 2. The van der Waals surface area contributed by atoms with E-state index in [0.717, 1.165) is 38.9 Å². The van der Waals surface area contributed by atoms with Crippen LogP contribution in [0, 0.1) is 0 Å². The molecule has 5 rings (SSSR count). The zero-order chi connectivity index (χ0) is 23.7. The van der Waals surface area contributed by atoms with E-state index >= 15 is 0 Å². The van der Waals surface area contributed by atoms with Gasteiger partial charge in [-0.05, 0) is 75.5 Å². The fraction of sp³-hybridized carbons (Fsp3) is 0.481. The van der Waals surface area contributed by atoms with Crippen LogP contribution in [-0.4, -0.2) is 61.1 Å². The van der Waals surface area contributed by atoms with Gasteiger partial charge in [-0.1, -0.05) is 30.3 Å². The molecule has 7 nitrogen and oxygen atoms in total. The Morgan fingerprint density at radius 3 is 2.59 bits per heavy atom. The van der Waals surface area contributed by atoms with Crippen molar-refractivity contribution in [1.29, 1.82) is 0 Å². The van der Waals surface area contributed by atoms with Gasteiger partial charge in [-0.25, -0.2) is 4.79 Å². The van der Waals surface area contributed by atoms with Crippen LogP contribution in [0.1, 0.15) is 49.7 Å². The normalized spacial score (nSPS) is 25.2. The fourth-order valence-corrected chi connectivity index (χ4v) is 5.69. The van der Waals surface area contributed by atoms with E-state index in [1.54, 1.807) is 13.2 Å². The van der Waals surface area contributed by atoms with E-state index in [4.69, 9.17) is 9.47 Å². The molecule has 2 fully saturated rings. The first-order chi connectivity index (χ1) is 16.5. The third-order valence-electron chi connectivity index (χ3n) is 7.46. The van der Waals surface area contributed by atoms with Crippen molar-refractivity contribution in [2.75, 3.05) is 33.3 Å². The smallest absolute Gasteiger partial charge is 0.325 e. The predicted molar refractivity (Wildman–Crippen MR) is 129 cm³/mol. The highest BCUT2D eigenvalue weighted by Gasteiger charge is 2.56. The molecule has 1 spiro atoms. The van der Waals surface area contributed by atoms with Gasteiger partial charge in [0.15, 0.2) is 5.54 Å². The van der Waals surface area contributed by atoms with Crippen molar-refractivity contribution in [3.63, 3.8) is 0 Å². The molecule has 0 saturated carbocycles. The van der Waals surface area contributed by atoms with Crippen LogP contribution in [0.4, 0.5) is 4.79 Å². The number of carbonyl (C=O) groups excluding carboxylic acids is 2. The molecule has 0 radical (unpaired) electrons. The molecule has 3 aliphatic heterocycles. The molecule has 34 heavy (non-hydrogen) atoms. The second-order valence-corrected chi connectivity index (χ2v) is 9.67. The Hall–Kier alpha value is -3.06. The molecule has 0 aliphatic carbocycles. The molecular formula is C27H33N3O4. The third-order valence-corrected chi connectivity index (χ3v) is 7.46. The molecule has 180 valence electrons. The Labute approximate surface area is 201 Å². The Balaban J connectivity index is 1.21. The number of hydrogen-bond donors (Lipinski definition) is 1. The van der Waals surface area contributed by atoms with Gasteiger partial charge >= 0.3 is 6.03 Å². The second-order valence-electron chi connectivity index (χ2n) is 9.67. The van der Waals surface area contributed by atoms with E-state index in [1.807, 2.05) is 19.1 Å². The van der Waals surface area contributed by atoms with Crippen LogP contribution in [-0.2, 0) is 10.3 Å². The Bertz CT molecular complexity index is 1050. The largest absolute Gasteiger partial charge is 0.497 e. The Kier molecular flexibility index (Phi) is 6.21. The van der Waals surface area contributed by atoms with Gasteiger partial charge in [-0.3, -0.25) is 9.69 Å². The van der Waals surface area contributed by atoms with E-state index in [2.05, 4.69) is 40.5 Å². The lowest BCUT2D eigenvalue weighted by atomic mass is 9.82. The number of hydrogen-bond acceptors (Lipinski definition) is 5. The minimum atomic E-state index is -1.09. The molecule has 3 heterocycles. The first-order valence-corrected chi connectivity index (χ1v) is 12.3. The van der Waals surface area contributed by atoms with Gasteiger partial charge in [0.1, 0.15) is 11.5 Å². The van der Waals surface area contributed by atoms with Crippen LogP contribution in [0.3, 0.4) is 0 Å². The summed E-state index contributed by atoms with van der Waals surface area (Å²) in [6.45, 7) is 5.32. The second kappa shape index (κ2) is 9.29. The lowest BCUT2D eigenvalue weighted by Crippen LogP contribution is -2.50. The van der Waals surface area contributed by atoms with Gasteiger partial charge in [0, 0.05) is 18.5 Å². The number of carbonyl (C=O) groups is 2. The van der Waals surface area contributed by atoms with Crippen molar-refractivity contribution in [2.45, 2.75) is 50.2 Å². The lowest BCUT2D eigenvalue weighted by Gasteiger charge is -2.37. The molecule has 3 aliphatic rings. The molecule has 2 aromatic carbocycles. The van der Waals surface area contributed by atoms with E-state index in [0.29, 0.717) is 35.9 Å². The highest BCUT2D eigenvalue weighted by atomic mass is 16.5. The molecule has 7 heteroatoms. The van der Waals surface area contributed by atoms with Crippen LogP contribution in [0.25, 0.3) is 0 Å². The molecule has 3 amide bonds. The van der Waals surface area contributed by atoms with Gasteiger partial charge in [0.25, 0.3) is 5.91 Å². The maximum absolute atomic E-state index is 13.6. The quantitative estimate of drug-likeness (QED) is 0.659. The molecule has 1 N–H and O–H groups in total. The molecule has 2 aromatic rings. The van der Waals surface area contributed by atoms with Crippen LogP contribution < -0.4 is 14.8 Å². The van der Waals surface area contributed by atoms with Crippen LogP contribution in [0.5, 0.6) is 11.5 Å². The topological polar surface area (TPSA) is 71.1 Å². The minimum Gasteiger partial charge on any atom is -0.497 e. The molecule has 2 unspecified atom stereocenters. The molecule has 2 atom stereocenters. The lowest BCUT2D eigenvalue weighted by molar-refractivity contribution is -0.133. The van der Waals surface area contributed by atoms with Gasteiger partial charge in [-0.2, -0.15) is 0 Å². The third kappa shape index (κ3) is 4.13. The number of piperidine rings is 1. The number of rotatable bonds is 6. The number of nitrogens with one attached hydrogen (secondary N) is 1. The summed E-state index contributed by atoms with van der Waals surface area (Å²) in [4.78, 5) is 30.4. The predicted octanol–water partition coefficient (Wildman–Crippen LogP) is 3.88. The summed E-state index contributed by atoms with van der Waals surface area (Å²) < 4.78 is 11.3. The van der Waals surface area contributed by atoms with E-state index < -0.39 is 5.54 Å². The average Bonchev–Trinajstić information content (AvgIpc) is 3.09. The first-order valence-electron chi connectivity index (χ1n) is 12.3. The van der Waals surface area contributed by atoms with E-state index in [-0.39, 0.29) is 18.0 Å². The molecule has 2 saturated heterocycles. The molecule has 0 aromatic heterocycles. The fourth-order valence-electron chi connectivity index (χ4n) is 5.69. The summed E-state index contributed by atoms with van der Waals surface area (Å²) >= 11 is 0. The molecular weight excluding hydrogens is 430 g/mol. The summed E-state index contributed by atoms with van der Waals surface area (Å²) in [5.74, 6) is 1.69. The zero-order valence-electron chi connectivity index (χ0n) is 20.0. The summed E-state index contributed by atoms with van der Waals surface area (Å²) in [6.07, 6.45) is 3.28. The Morgan fingerprint density at radius 1 is 1.09 bits per heavy atom. The van der Waals surface area contributed by atoms with Crippen molar-refractivity contribution in [3.8, 4) is 11.5 Å². The number of fused-ring (bicyclic) bond motifs is 2. The zero-order valence-corrected chi connectivity index (χ0v) is 20.0. The number of amides is 3. The van der Waals surface area contributed by atoms with Gasteiger partial charge in [0.05, 0.1) is 13.2 Å². The summed E-state index contributed by atoms with van der Waals surface area (Å²) in [5.41, 5.74) is 1.01. The average molecular weight is 464 g/mol. The van der Waals surface area contributed by atoms with Crippen molar-refractivity contribution >= 4 is 11.9 Å². The summed E-state index contributed by atoms with van der Waals surface area (Å²) in [7, 11) is 1.59. The SMILES string of the molecule is COc1ccc2c(c1)C1(CC(C)O2)NC(=O)N(CCCN2CCC(c3ccccc3)CC2)C1=O. The highest BCUT2D eigenvalue weighted by molar-refractivity contribution is 6.08. The van der Waals surface area contributed by atoms with Crippen molar-refractivity contribution in [2.24, 2.45) is 0 Å². The number of urea groups is 1. The standard InChI is InChI=1S/C27H33N3O4/c1-19-18-27(23-17-22(33-2)9-10-24(23)34-19)25(31)30(26(32)28-27)14-6-13-29-15-11-21(12-16-29)20-7-4-3-5-8-20/h3-5,7-10,17,19,21H,6,11-16,18H2,1-2H3,(H,28,32). The maximum atomic E-state index is 13.6. The monoisotopic (exact) mass is 463 g/mol. The van der Waals surface area contributed by atoms with Crippen LogP contribution >= 0.6 is 0 Å². The number of likely N-dealkylation sites (tertiary alicyclic amines) is 1. The number of imide groups is 1. The number of nitrogens with zero attached hydrogens (tertiary/aromatic N) is 2. The highest BCUT2D eigenvalue weighted by Crippen LogP contribution is 2.44. The van der Waals surface area contributed by atoms with Gasteiger partial charge < -0.3 is 19.7 Å². The van der Waals surface area contributed by atoms with Crippen molar-refractivity contribution in [3.05, 3.63) is 59.7 Å². The summed E-state index contributed by atoms with van der Waals surface area (Å²) in [6, 6.07) is 15.8. The van der Waals surface area contributed by atoms with Gasteiger partial charge in [-0.15, -0.1) is 0 Å².